The Morgan fingerprint density at radius 3 is 2.76 bits per heavy atom. The highest BCUT2D eigenvalue weighted by molar-refractivity contribution is 14.0. The largest absolute Gasteiger partial charge is 0.352 e. The highest BCUT2D eigenvalue weighted by atomic mass is 127. The monoisotopic (exact) mass is 461 g/mol. The molecule has 1 saturated heterocycles. The number of nitrogens with zero attached hydrogens (tertiary/aromatic N) is 4. The van der Waals surface area contributed by atoms with E-state index >= 15 is 0 Å². The number of hydrogen-bond donors (Lipinski definition) is 1. The van der Waals surface area contributed by atoms with Crippen LogP contribution in [0.4, 0.5) is 5.69 Å². The zero-order valence-electron chi connectivity index (χ0n) is 15.1. The second-order valence-corrected chi connectivity index (χ2v) is 5.94. The minimum Gasteiger partial charge on any atom is -0.352 e. The SMILES string of the molecule is CCN(CC)C1CCN(C(=NC)NCc2cccc([N+](=O)[O-])c2)C1.I. The van der Waals surface area contributed by atoms with E-state index in [1.54, 1.807) is 19.2 Å². The van der Waals surface area contributed by atoms with Crippen molar-refractivity contribution in [1.82, 2.24) is 15.1 Å². The van der Waals surface area contributed by atoms with Gasteiger partial charge in [0.2, 0.25) is 0 Å². The lowest BCUT2D eigenvalue weighted by atomic mass is 10.2. The van der Waals surface area contributed by atoms with Crippen LogP contribution < -0.4 is 5.32 Å². The lowest BCUT2D eigenvalue weighted by Crippen LogP contribution is -2.43. The van der Waals surface area contributed by atoms with Gasteiger partial charge in [0.1, 0.15) is 0 Å². The number of nitro benzene ring substituents is 1. The van der Waals surface area contributed by atoms with Gasteiger partial charge in [-0.25, -0.2) is 0 Å². The van der Waals surface area contributed by atoms with Gasteiger partial charge in [0.05, 0.1) is 4.92 Å². The minimum atomic E-state index is -0.368. The molecule has 1 unspecified atom stereocenters. The van der Waals surface area contributed by atoms with Crippen molar-refractivity contribution in [2.45, 2.75) is 32.9 Å². The van der Waals surface area contributed by atoms with Crippen LogP contribution in [0.2, 0.25) is 0 Å². The van der Waals surface area contributed by atoms with Gasteiger partial charge >= 0.3 is 0 Å². The van der Waals surface area contributed by atoms with Crippen molar-refractivity contribution in [3.05, 3.63) is 39.9 Å². The van der Waals surface area contributed by atoms with Gasteiger partial charge in [-0.1, -0.05) is 26.0 Å². The molecule has 0 bridgehead atoms. The van der Waals surface area contributed by atoms with Crippen molar-refractivity contribution in [2.24, 2.45) is 4.99 Å². The number of likely N-dealkylation sites (N-methyl/N-ethyl adjacent to an activating group) is 1. The number of halogens is 1. The topological polar surface area (TPSA) is 74.0 Å². The molecule has 1 atom stereocenters. The fraction of sp³-hybridized carbons (Fsp3) is 0.588. The highest BCUT2D eigenvalue weighted by Crippen LogP contribution is 2.16. The van der Waals surface area contributed by atoms with E-state index in [0.29, 0.717) is 12.6 Å². The molecule has 1 aromatic carbocycles. The summed E-state index contributed by atoms with van der Waals surface area (Å²) in [5.74, 6) is 0.858. The average molecular weight is 461 g/mol. The lowest BCUT2D eigenvalue weighted by molar-refractivity contribution is -0.384. The predicted octanol–water partition coefficient (Wildman–Crippen LogP) is 2.70. The van der Waals surface area contributed by atoms with E-state index in [1.807, 2.05) is 6.07 Å². The van der Waals surface area contributed by atoms with Crippen molar-refractivity contribution in [3.8, 4) is 0 Å². The van der Waals surface area contributed by atoms with Crippen molar-refractivity contribution in [1.29, 1.82) is 0 Å². The molecule has 0 spiro atoms. The lowest BCUT2D eigenvalue weighted by Gasteiger charge is -2.27. The molecule has 0 saturated carbocycles. The third-order valence-corrected chi connectivity index (χ3v) is 4.58. The summed E-state index contributed by atoms with van der Waals surface area (Å²) in [6.45, 7) is 9.00. The second-order valence-electron chi connectivity index (χ2n) is 5.94. The number of benzene rings is 1. The molecule has 1 aliphatic heterocycles. The summed E-state index contributed by atoms with van der Waals surface area (Å²) in [6.07, 6.45) is 1.14. The molecule has 0 radical (unpaired) electrons. The number of hydrogen-bond acceptors (Lipinski definition) is 4. The van der Waals surface area contributed by atoms with E-state index in [4.69, 9.17) is 0 Å². The molecule has 1 heterocycles. The van der Waals surface area contributed by atoms with Crippen molar-refractivity contribution in [3.63, 3.8) is 0 Å². The van der Waals surface area contributed by atoms with Crippen LogP contribution in [0.1, 0.15) is 25.8 Å². The third kappa shape index (κ3) is 5.81. The van der Waals surface area contributed by atoms with Gasteiger partial charge in [-0.2, -0.15) is 0 Å². The van der Waals surface area contributed by atoms with Gasteiger partial charge in [0.25, 0.3) is 5.69 Å². The smallest absolute Gasteiger partial charge is 0.269 e. The summed E-state index contributed by atoms with van der Waals surface area (Å²) in [5.41, 5.74) is 0.997. The maximum absolute atomic E-state index is 10.9. The van der Waals surface area contributed by atoms with Gasteiger partial charge in [0.15, 0.2) is 5.96 Å². The second kappa shape index (κ2) is 10.5. The van der Waals surface area contributed by atoms with Crippen molar-refractivity contribution >= 4 is 35.6 Å². The van der Waals surface area contributed by atoms with Crippen LogP contribution in [-0.2, 0) is 6.54 Å². The van der Waals surface area contributed by atoms with Gasteiger partial charge in [0, 0.05) is 44.9 Å². The Bertz CT molecular complexity index is 592. The van der Waals surface area contributed by atoms with E-state index in [0.717, 1.165) is 44.1 Å². The summed E-state index contributed by atoms with van der Waals surface area (Å²) in [6, 6.07) is 7.27. The number of likely N-dealkylation sites (tertiary alicyclic amines) is 1. The number of rotatable bonds is 6. The Morgan fingerprint density at radius 2 is 2.16 bits per heavy atom. The van der Waals surface area contributed by atoms with Gasteiger partial charge in [-0.05, 0) is 25.1 Å². The Kier molecular flexibility index (Phi) is 9.12. The third-order valence-electron chi connectivity index (χ3n) is 4.58. The Hall–Kier alpha value is -1.42. The summed E-state index contributed by atoms with van der Waals surface area (Å²) in [7, 11) is 1.78. The molecule has 0 amide bonds. The van der Waals surface area contributed by atoms with Crippen LogP contribution >= 0.6 is 24.0 Å². The maximum Gasteiger partial charge on any atom is 0.269 e. The standard InChI is InChI=1S/C17H27N5O2.HI/c1-4-20(5-2)16-9-10-21(13-16)17(18-3)19-12-14-7-6-8-15(11-14)22(23)24;/h6-8,11,16H,4-5,9-10,12-13H2,1-3H3,(H,18,19);1H. The molecule has 25 heavy (non-hydrogen) atoms. The first-order chi connectivity index (χ1) is 11.6. The summed E-state index contributed by atoms with van der Waals surface area (Å²) in [5, 5.41) is 14.2. The van der Waals surface area contributed by atoms with E-state index in [-0.39, 0.29) is 34.6 Å². The molecule has 1 N–H and O–H groups in total. The number of aliphatic imine (C=N–C) groups is 1. The quantitative estimate of drug-likeness (QED) is 0.232. The van der Waals surface area contributed by atoms with Gasteiger partial charge < -0.3 is 10.2 Å². The van der Waals surface area contributed by atoms with Crippen LogP contribution in [0.15, 0.2) is 29.3 Å². The van der Waals surface area contributed by atoms with Crippen LogP contribution in [0.5, 0.6) is 0 Å². The number of nitro groups is 1. The van der Waals surface area contributed by atoms with Crippen LogP contribution in [0.25, 0.3) is 0 Å². The zero-order valence-corrected chi connectivity index (χ0v) is 17.5. The van der Waals surface area contributed by atoms with E-state index < -0.39 is 0 Å². The first-order valence-corrected chi connectivity index (χ1v) is 8.52. The molecule has 8 heteroatoms. The zero-order chi connectivity index (χ0) is 17.5. The van der Waals surface area contributed by atoms with Gasteiger partial charge in [-0.3, -0.25) is 20.0 Å². The molecule has 1 aliphatic rings. The molecule has 0 aromatic heterocycles. The minimum absolute atomic E-state index is 0. The highest BCUT2D eigenvalue weighted by Gasteiger charge is 2.27. The average Bonchev–Trinajstić information content (AvgIpc) is 3.06. The molecular formula is C17H28IN5O2. The number of nitrogens with one attached hydrogen (secondary N) is 1. The van der Waals surface area contributed by atoms with Crippen LogP contribution in [0.3, 0.4) is 0 Å². The van der Waals surface area contributed by atoms with E-state index in [2.05, 4.69) is 34.0 Å². The first-order valence-electron chi connectivity index (χ1n) is 8.52. The van der Waals surface area contributed by atoms with E-state index in [9.17, 15) is 10.1 Å². The molecule has 7 nitrogen and oxygen atoms in total. The molecule has 140 valence electrons. The number of non-ortho nitro benzene ring substituents is 1. The molecule has 2 rings (SSSR count). The van der Waals surface area contributed by atoms with Crippen LogP contribution in [-0.4, -0.2) is 60.0 Å². The molecule has 0 aliphatic carbocycles. The van der Waals surface area contributed by atoms with Crippen molar-refractivity contribution in [2.75, 3.05) is 33.2 Å². The first kappa shape index (κ1) is 21.6. The molecule has 1 fully saturated rings. The fourth-order valence-corrected chi connectivity index (χ4v) is 3.27. The number of guanidine groups is 1. The Balaban J connectivity index is 0.00000312. The Labute approximate surface area is 166 Å². The molecular weight excluding hydrogens is 433 g/mol. The summed E-state index contributed by atoms with van der Waals surface area (Å²) >= 11 is 0. The summed E-state index contributed by atoms with van der Waals surface area (Å²) in [4.78, 5) is 19.6. The van der Waals surface area contributed by atoms with E-state index in [1.165, 1.54) is 6.07 Å². The van der Waals surface area contributed by atoms with Gasteiger partial charge in [-0.15, -0.1) is 24.0 Å². The van der Waals surface area contributed by atoms with Crippen LogP contribution in [0, 0.1) is 10.1 Å². The maximum atomic E-state index is 10.9. The predicted molar refractivity (Wildman–Crippen MR) is 112 cm³/mol. The fourth-order valence-electron chi connectivity index (χ4n) is 3.27. The Morgan fingerprint density at radius 1 is 1.44 bits per heavy atom. The molecule has 1 aromatic rings. The normalized spacial score (nSPS) is 17.5. The summed E-state index contributed by atoms with van der Waals surface area (Å²) < 4.78 is 0. The van der Waals surface area contributed by atoms with Crippen molar-refractivity contribution < 1.29 is 4.92 Å².